The second kappa shape index (κ2) is 9.65. The second-order valence-corrected chi connectivity index (χ2v) is 9.74. The van der Waals surface area contributed by atoms with Crippen molar-refractivity contribution >= 4 is 5.91 Å². The van der Waals surface area contributed by atoms with E-state index < -0.39 is 0 Å². The van der Waals surface area contributed by atoms with Gasteiger partial charge in [0.1, 0.15) is 11.9 Å². The van der Waals surface area contributed by atoms with Gasteiger partial charge in [0, 0.05) is 44.8 Å². The lowest BCUT2D eigenvalue weighted by Crippen LogP contribution is -2.68. The number of nitrogens with zero attached hydrogens (tertiary/aromatic N) is 4. The van der Waals surface area contributed by atoms with Crippen LogP contribution in [0, 0.1) is 19.8 Å². The standard InChI is InChI=1S/C26H38N4O2/c1-18(2)30-17-24(32-22-9-7-6-8-10-22)26(30)21-13-15-29(16-14-21)25(31)12-11-23-19(3)27-28(5)20(23)4/h6-10,18,21,24,26H,11-17H2,1-5H3/t24-,26-/m0/s1. The summed E-state index contributed by atoms with van der Waals surface area (Å²) < 4.78 is 8.26. The minimum absolute atomic E-state index is 0.239. The highest BCUT2D eigenvalue weighted by Crippen LogP contribution is 2.36. The molecule has 0 unspecified atom stereocenters. The molecule has 2 aliphatic rings. The van der Waals surface area contributed by atoms with Gasteiger partial charge in [0.05, 0.1) is 11.7 Å². The SMILES string of the molecule is Cc1nn(C)c(C)c1CCC(=O)N1CCC([C@H]2[C@@H](Oc3ccccc3)CN2C(C)C)CC1. The molecule has 0 bridgehead atoms. The van der Waals surface area contributed by atoms with Gasteiger partial charge >= 0.3 is 0 Å². The second-order valence-electron chi connectivity index (χ2n) is 9.74. The van der Waals surface area contributed by atoms with Crippen LogP contribution in [-0.4, -0.2) is 63.3 Å². The van der Waals surface area contributed by atoms with Gasteiger partial charge in [-0.15, -0.1) is 0 Å². The van der Waals surface area contributed by atoms with Crippen molar-refractivity contribution in [1.29, 1.82) is 0 Å². The van der Waals surface area contributed by atoms with E-state index in [0.29, 0.717) is 24.4 Å². The molecule has 32 heavy (non-hydrogen) atoms. The monoisotopic (exact) mass is 438 g/mol. The van der Waals surface area contributed by atoms with E-state index >= 15 is 0 Å². The predicted molar refractivity (Wildman–Crippen MR) is 127 cm³/mol. The van der Waals surface area contributed by atoms with E-state index in [0.717, 1.165) is 56.0 Å². The molecule has 0 saturated carbocycles. The van der Waals surface area contributed by atoms with Gasteiger partial charge in [-0.3, -0.25) is 14.4 Å². The molecule has 0 N–H and O–H groups in total. The summed E-state index contributed by atoms with van der Waals surface area (Å²) >= 11 is 0. The molecule has 4 rings (SSSR count). The number of piperidine rings is 1. The summed E-state index contributed by atoms with van der Waals surface area (Å²) in [5.74, 6) is 1.81. The summed E-state index contributed by atoms with van der Waals surface area (Å²) in [5.41, 5.74) is 3.43. The van der Waals surface area contributed by atoms with Crippen LogP contribution >= 0.6 is 0 Å². The number of hydrogen-bond acceptors (Lipinski definition) is 4. The van der Waals surface area contributed by atoms with Crippen LogP contribution in [0.4, 0.5) is 0 Å². The van der Waals surface area contributed by atoms with Gasteiger partial charge in [-0.25, -0.2) is 0 Å². The van der Waals surface area contributed by atoms with E-state index in [2.05, 4.69) is 35.7 Å². The van der Waals surface area contributed by atoms with Crippen LogP contribution in [0.5, 0.6) is 5.75 Å². The zero-order valence-corrected chi connectivity index (χ0v) is 20.3. The quantitative estimate of drug-likeness (QED) is 0.661. The van der Waals surface area contributed by atoms with Crippen molar-refractivity contribution in [2.24, 2.45) is 13.0 Å². The maximum absolute atomic E-state index is 12.9. The first-order valence-electron chi connectivity index (χ1n) is 12.1. The highest BCUT2D eigenvalue weighted by molar-refractivity contribution is 5.76. The Hall–Kier alpha value is -2.34. The maximum atomic E-state index is 12.9. The Bertz CT molecular complexity index is 915. The molecule has 174 valence electrons. The predicted octanol–water partition coefficient (Wildman–Crippen LogP) is 3.75. The van der Waals surface area contributed by atoms with Crippen LogP contribution < -0.4 is 4.74 Å². The van der Waals surface area contributed by atoms with Gasteiger partial charge in [0.2, 0.25) is 5.91 Å². The van der Waals surface area contributed by atoms with Crippen molar-refractivity contribution in [1.82, 2.24) is 19.6 Å². The van der Waals surface area contributed by atoms with Gasteiger partial charge < -0.3 is 9.64 Å². The topological polar surface area (TPSA) is 50.6 Å². The fourth-order valence-corrected chi connectivity index (χ4v) is 5.48. The number of rotatable bonds is 7. The van der Waals surface area contributed by atoms with Crippen molar-refractivity contribution in [2.45, 2.75) is 71.6 Å². The number of carbonyl (C=O) groups excluding carboxylic acids is 1. The van der Waals surface area contributed by atoms with Gasteiger partial charge in [0.25, 0.3) is 0 Å². The average molecular weight is 439 g/mol. The number of ether oxygens (including phenoxy) is 1. The lowest BCUT2D eigenvalue weighted by atomic mass is 9.79. The van der Waals surface area contributed by atoms with E-state index in [-0.39, 0.29) is 12.0 Å². The molecule has 1 aromatic heterocycles. The first-order chi connectivity index (χ1) is 15.3. The number of benzene rings is 1. The average Bonchev–Trinajstić information content (AvgIpc) is 3.01. The summed E-state index contributed by atoms with van der Waals surface area (Å²) in [6.07, 6.45) is 3.70. The number of carbonyl (C=O) groups is 1. The first kappa shape index (κ1) is 22.8. The molecular weight excluding hydrogens is 400 g/mol. The van der Waals surface area contributed by atoms with Crippen molar-refractivity contribution in [3.05, 3.63) is 47.3 Å². The smallest absolute Gasteiger partial charge is 0.222 e. The molecule has 2 saturated heterocycles. The third-order valence-electron chi connectivity index (χ3n) is 7.47. The Kier molecular flexibility index (Phi) is 6.89. The zero-order valence-electron chi connectivity index (χ0n) is 20.3. The van der Waals surface area contributed by atoms with Crippen molar-refractivity contribution < 1.29 is 9.53 Å². The first-order valence-corrected chi connectivity index (χ1v) is 12.1. The third kappa shape index (κ3) is 4.70. The van der Waals surface area contributed by atoms with Crippen LogP contribution in [0.2, 0.25) is 0 Å². The highest BCUT2D eigenvalue weighted by Gasteiger charge is 2.47. The maximum Gasteiger partial charge on any atom is 0.222 e. The molecule has 2 aliphatic heterocycles. The van der Waals surface area contributed by atoms with Crippen LogP contribution in [0.3, 0.4) is 0 Å². The number of para-hydroxylation sites is 1. The molecule has 0 spiro atoms. The molecular formula is C26H38N4O2. The third-order valence-corrected chi connectivity index (χ3v) is 7.47. The van der Waals surface area contributed by atoms with E-state index in [1.54, 1.807) is 0 Å². The molecule has 3 heterocycles. The number of likely N-dealkylation sites (tertiary alicyclic amines) is 2. The number of aryl methyl sites for hydroxylation is 2. The fraction of sp³-hybridized carbons (Fsp3) is 0.615. The lowest BCUT2D eigenvalue weighted by molar-refractivity contribution is -0.135. The normalized spacial score (nSPS) is 22.2. The summed E-state index contributed by atoms with van der Waals surface area (Å²) in [6, 6.07) is 11.1. The highest BCUT2D eigenvalue weighted by atomic mass is 16.5. The largest absolute Gasteiger partial charge is 0.487 e. The van der Waals surface area contributed by atoms with Gasteiger partial charge in [-0.2, -0.15) is 5.10 Å². The van der Waals surface area contributed by atoms with Crippen LogP contribution in [0.1, 0.15) is 50.1 Å². The van der Waals surface area contributed by atoms with Gasteiger partial charge in [0.15, 0.2) is 0 Å². The van der Waals surface area contributed by atoms with Gasteiger partial charge in [-0.1, -0.05) is 18.2 Å². The van der Waals surface area contributed by atoms with Crippen molar-refractivity contribution in [3.8, 4) is 5.75 Å². The van der Waals surface area contributed by atoms with Crippen LogP contribution in [0.25, 0.3) is 0 Å². The molecule has 2 atom stereocenters. The summed E-state index contributed by atoms with van der Waals surface area (Å²) in [6.45, 7) is 11.4. The van der Waals surface area contributed by atoms with Crippen molar-refractivity contribution in [2.75, 3.05) is 19.6 Å². The van der Waals surface area contributed by atoms with Crippen LogP contribution in [-0.2, 0) is 18.3 Å². The number of aromatic nitrogens is 2. The summed E-state index contributed by atoms with van der Waals surface area (Å²) in [5, 5.41) is 4.48. The molecule has 6 nitrogen and oxygen atoms in total. The Morgan fingerprint density at radius 3 is 2.44 bits per heavy atom. The van der Waals surface area contributed by atoms with Crippen molar-refractivity contribution in [3.63, 3.8) is 0 Å². The fourth-order valence-electron chi connectivity index (χ4n) is 5.48. The summed E-state index contributed by atoms with van der Waals surface area (Å²) in [4.78, 5) is 17.5. The Labute approximate surface area is 192 Å². The number of amides is 1. The van der Waals surface area contributed by atoms with E-state index in [9.17, 15) is 4.79 Å². The van der Waals surface area contributed by atoms with E-state index in [1.165, 1.54) is 5.56 Å². The Morgan fingerprint density at radius 1 is 1.16 bits per heavy atom. The van der Waals surface area contributed by atoms with E-state index in [1.807, 2.05) is 49.0 Å². The zero-order chi connectivity index (χ0) is 22.8. The molecule has 1 aromatic carbocycles. The molecule has 0 radical (unpaired) electrons. The molecule has 1 amide bonds. The molecule has 2 fully saturated rings. The van der Waals surface area contributed by atoms with E-state index in [4.69, 9.17) is 4.74 Å². The molecule has 6 heteroatoms. The number of hydrogen-bond donors (Lipinski definition) is 0. The molecule has 2 aromatic rings. The van der Waals surface area contributed by atoms with Gasteiger partial charge in [-0.05, 0) is 70.6 Å². The summed E-state index contributed by atoms with van der Waals surface area (Å²) in [7, 11) is 1.97. The van der Waals surface area contributed by atoms with Crippen LogP contribution in [0.15, 0.2) is 30.3 Å². The minimum Gasteiger partial charge on any atom is -0.487 e. The lowest BCUT2D eigenvalue weighted by Gasteiger charge is -2.54. The Morgan fingerprint density at radius 2 is 1.84 bits per heavy atom. The minimum atomic E-state index is 0.239. The molecule has 0 aliphatic carbocycles. The Balaban J connectivity index is 1.31.